The zero-order valence-corrected chi connectivity index (χ0v) is 14.2. The summed E-state index contributed by atoms with van der Waals surface area (Å²) >= 11 is 9.08. The Morgan fingerprint density at radius 3 is 2.57 bits per heavy atom. The highest BCUT2D eigenvalue weighted by Crippen LogP contribution is 2.31. The predicted octanol–water partition coefficient (Wildman–Crippen LogP) is 4.75. The number of hydrogen-bond donors (Lipinski definition) is 0. The fourth-order valence-corrected chi connectivity index (χ4v) is 3.28. The van der Waals surface area contributed by atoms with Crippen molar-refractivity contribution in [2.24, 2.45) is 0 Å². The van der Waals surface area contributed by atoms with Crippen LogP contribution in [0.2, 0.25) is 5.02 Å². The Kier molecular flexibility index (Phi) is 5.14. The highest BCUT2D eigenvalue weighted by atomic mass is 79.9. The van der Waals surface area contributed by atoms with Crippen LogP contribution in [0.5, 0.6) is 5.75 Å². The molecule has 0 aromatic heterocycles. The second-order valence-electron chi connectivity index (χ2n) is 4.05. The van der Waals surface area contributed by atoms with Gasteiger partial charge in [-0.2, -0.15) is 0 Å². The lowest BCUT2D eigenvalue weighted by molar-refractivity contribution is 0.297. The van der Waals surface area contributed by atoms with E-state index in [1.807, 2.05) is 0 Å². The molecule has 0 spiro atoms. The molecule has 0 aliphatic carbocycles. The molecule has 112 valence electrons. The molecule has 0 atom stereocenters. The number of ether oxygens (including phenoxy) is 1. The number of rotatable bonds is 4. The molecule has 8 heteroatoms. The maximum absolute atomic E-state index is 13.2. The van der Waals surface area contributed by atoms with Crippen LogP contribution in [-0.4, -0.2) is 8.42 Å². The minimum atomic E-state index is -3.97. The summed E-state index contributed by atoms with van der Waals surface area (Å²) < 4.78 is 42.1. The lowest BCUT2D eigenvalue weighted by Crippen LogP contribution is -2.01. The summed E-state index contributed by atoms with van der Waals surface area (Å²) in [5.41, 5.74) is 0.400. The van der Waals surface area contributed by atoms with E-state index >= 15 is 0 Å². The summed E-state index contributed by atoms with van der Waals surface area (Å²) in [4.78, 5) is -0.175. The van der Waals surface area contributed by atoms with Gasteiger partial charge >= 0.3 is 0 Å². The molecule has 0 amide bonds. The van der Waals surface area contributed by atoms with Gasteiger partial charge in [-0.1, -0.05) is 27.5 Å². The second-order valence-corrected chi connectivity index (χ2v) is 7.91. The van der Waals surface area contributed by atoms with Gasteiger partial charge < -0.3 is 4.74 Å². The van der Waals surface area contributed by atoms with Crippen molar-refractivity contribution in [3.05, 3.63) is 57.3 Å². The van der Waals surface area contributed by atoms with Gasteiger partial charge in [0, 0.05) is 25.7 Å². The fraction of sp³-hybridized carbons (Fsp3) is 0.0769. The van der Waals surface area contributed by atoms with Crippen LogP contribution < -0.4 is 4.74 Å². The first-order chi connectivity index (χ1) is 9.77. The molecule has 0 N–H and O–H groups in total. The zero-order chi connectivity index (χ0) is 15.6. The van der Waals surface area contributed by atoms with E-state index in [0.717, 1.165) is 0 Å². The van der Waals surface area contributed by atoms with E-state index in [0.29, 0.717) is 15.1 Å². The summed E-state index contributed by atoms with van der Waals surface area (Å²) in [5, 5.41) is 0.323. The molecule has 2 rings (SSSR count). The SMILES string of the molecule is O=S(=O)(Cl)c1cc(Br)ccc1OCc1cc(F)ccc1Cl. The van der Waals surface area contributed by atoms with Crippen LogP contribution in [0.4, 0.5) is 4.39 Å². The second kappa shape index (κ2) is 6.52. The lowest BCUT2D eigenvalue weighted by Gasteiger charge is -2.11. The van der Waals surface area contributed by atoms with E-state index in [1.54, 1.807) is 6.07 Å². The van der Waals surface area contributed by atoms with Crippen molar-refractivity contribution >= 4 is 47.3 Å². The van der Waals surface area contributed by atoms with E-state index in [2.05, 4.69) is 15.9 Å². The average molecular weight is 414 g/mol. The molecule has 0 aliphatic rings. The van der Waals surface area contributed by atoms with Crippen molar-refractivity contribution in [1.29, 1.82) is 0 Å². The van der Waals surface area contributed by atoms with Gasteiger partial charge in [-0.05, 0) is 36.4 Å². The molecule has 0 unspecified atom stereocenters. The molecular formula is C13H8BrCl2FO3S. The minimum absolute atomic E-state index is 0.0635. The van der Waals surface area contributed by atoms with Crippen LogP contribution in [-0.2, 0) is 15.7 Å². The van der Waals surface area contributed by atoms with E-state index in [9.17, 15) is 12.8 Å². The lowest BCUT2D eigenvalue weighted by atomic mass is 10.2. The summed E-state index contributed by atoms with van der Waals surface area (Å²) in [6.45, 7) is -0.0857. The summed E-state index contributed by atoms with van der Waals surface area (Å²) in [6, 6.07) is 8.22. The van der Waals surface area contributed by atoms with Crippen molar-refractivity contribution in [3.8, 4) is 5.75 Å². The average Bonchev–Trinajstić information content (AvgIpc) is 2.40. The highest BCUT2D eigenvalue weighted by molar-refractivity contribution is 9.10. The Balaban J connectivity index is 2.30. The van der Waals surface area contributed by atoms with Crippen LogP contribution >= 0.6 is 38.2 Å². The number of benzene rings is 2. The molecule has 0 aliphatic heterocycles. The monoisotopic (exact) mass is 412 g/mol. The van der Waals surface area contributed by atoms with Crippen molar-refractivity contribution in [2.45, 2.75) is 11.5 Å². The third kappa shape index (κ3) is 4.32. The van der Waals surface area contributed by atoms with Gasteiger partial charge in [-0.15, -0.1) is 0 Å². The Morgan fingerprint density at radius 2 is 1.90 bits per heavy atom. The van der Waals surface area contributed by atoms with Gasteiger partial charge in [0.05, 0.1) is 0 Å². The van der Waals surface area contributed by atoms with Crippen LogP contribution in [0.3, 0.4) is 0 Å². The highest BCUT2D eigenvalue weighted by Gasteiger charge is 2.18. The van der Waals surface area contributed by atoms with Gasteiger partial charge in [0.15, 0.2) is 0 Å². The Labute approximate surface area is 139 Å². The smallest absolute Gasteiger partial charge is 0.265 e. The molecular weight excluding hydrogens is 406 g/mol. The first kappa shape index (κ1) is 16.5. The van der Waals surface area contributed by atoms with Crippen LogP contribution in [0, 0.1) is 5.82 Å². The largest absolute Gasteiger partial charge is 0.487 e. The molecule has 0 fully saturated rings. The zero-order valence-electron chi connectivity index (χ0n) is 10.3. The molecule has 2 aromatic rings. The number of halogens is 4. The van der Waals surface area contributed by atoms with Crippen molar-refractivity contribution < 1.29 is 17.5 Å². The maximum atomic E-state index is 13.2. The van der Waals surface area contributed by atoms with E-state index in [4.69, 9.17) is 27.0 Å². The Bertz CT molecular complexity index is 781. The molecule has 3 nitrogen and oxygen atoms in total. The Morgan fingerprint density at radius 1 is 1.19 bits per heavy atom. The topological polar surface area (TPSA) is 43.4 Å². The van der Waals surface area contributed by atoms with E-state index < -0.39 is 14.9 Å². The normalized spacial score (nSPS) is 11.4. The predicted molar refractivity (Wildman–Crippen MR) is 82.9 cm³/mol. The summed E-state index contributed by atoms with van der Waals surface area (Å²) in [6.07, 6.45) is 0. The van der Waals surface area contributed by atoms with E-state index in [-0.39, 0.29) is 17.3 Å². The van der Waals surface area contributed by atoms with Crippen molar-refractivity contribution in [1.82, 2.24) is 0 Å². The standard InChI is InChI=1S/C13H8BrCl2FO3S/c14-9-1-4-12(13(6-9)21(16,18)19)20-7-8-5-10(17)2-3-11(8)15/h1-6H,7H2. The molecule has 0 saturated heterocycles. The van der Waals surface area contributed by atoms with Crippen LogP contribution in [0.1, 0.15) is 5.56 Å². The summed E-state index contributed by atoms with van der Waals surface area (Å²) in [5.74, 6) is -0.396. The first-order valence-electron chi connectivity index (χ1n) is 5.58. The van der Waals surface area contributed by atoms with E-state index in [1.165, 1.54) is 30.3 Å². The maximum Gasteiger partial charge on any atom is 0.265 e. The molecule has 2 aromatic carbocycles. The van der Waals surface area contributed by atoms with Crippen LogP contribution in [0.15, 0.2) is 45.8 Å². The minimum Gasteiger partial charge on any atom is -0.487 e. The Hall–Kier alpha value is -0.820. The molecule has 0 heterocycles. The third-order valence-corrected chi connectivity index (χ3v) is 4.76. The van der Waals surface area contributed by atoms with Gasteiger partial charge in [0.2, 0.25) is 0 Å². The summed E-state index contributed by atoms with van der Waals surface area (Å²) in [7, 11) is 1.39. The van der Waals surface area contributed by atoms with Crippen molar-refractivity contribution in [3.63, 3.8) is 0 Å². The third-order valence-electron chi connectivity index (χ3n) is 2.56. The van der Waals surface area contributed by atoms with Gasteiger partial charge in [0.1, 0.15) is 23.1 Å². The fourth-order valence-electron chi connectivity index (χ4n) is 1.60. The van der Waals surface area contributed by atoms with Crippen molar-refractivity contribution in [2.75, 3.05) is 0 Å². The molecule has 0 bridgehead atoms. The molecule has 0 radical (unpaired) electrons. The van der Waals surface area contributed by atoms with Gasteiger partial charge in [-0.3, -0.25) is 0 Å². The molecule has 0 saturated carbocycles. The first-order valence-corrected chi connectivity index (χ1v) is 9.06. The van der Waals surface area contributed by atoms with Gasteiger partial charge in [0.25, 0.3) is 9.05 Å². The number of hydrogen-bond acceptors (Lipinski definition) is 3. The molecule has 21 heavy (non-hydrogen) atoms. The quantitative estimate of drug-likeness (QED) is 0.679. The van der Waals surface area contributed by atoms with Crippen LogP contribution in [0.25, 0.3) is 0 Å². The van der Waals surface area contributed by atoms with Gasteiger partial charge in [-0.25, -0.2) is 12.8 Å².